The van der Waals surface area contributed by atoms with E-state index in [9.17, 15) is 4.79 Å². The molecule has 0 aromatic heterocycles. The molecular formula is C14H19NOS. The molecule has 1 amide bonds. The summed E-state index contributed by atoms with van der Waals surface area (Å²) in [7, 11) is 1.89. The van der Waals surface area contributed by atoms with E-state index < -0.39 is 0 Å². The van der Waals surface area contributed by atoms with E-state index in [0.29, 0.717) is 11.5 Å². The minimum absolute atomic E-state index is 0.0856. The Bertz CT molecular complexity index is 399. The second-order valence-corrected chi connectivity index (χ2v) is 5.34. The van der Waals surface area contributed by atoms with Crippen LogP contribution in [0.1, 0.15) is 36.0 Å². The van der Waals surface area contributed by atoms with Crippen molar-refractivity contribution in [3.63, 3.8) is 0 Å². The van der Waals surface area contributed by atoms with Crippen LogP contribution < -0.4 is 0 Å². The van der Waals surface area contributed by atoms with Gasteiger partial charge < -0.3 is 4.90 Å². The van der Waals surface area contributed by atoms with Gasteiger partial charge in [-0.15, -0.1) is 12.6 Å². The third-order valence-corrected chi connectivity index (χ3v) is 3.88. The molecule has 0 atom stereocenters. The topological polar surface area (TPSA) is 20.3 Å². The van der Waals surface area contributed by atoms with Gasteiger partial charge in [0.1, 0.15) is 0 Å². The first kappa shape index (κ1) is 12.5. The largest absolute Gasteiger partial charge is 0.341 e. The van der Waals surface area contributed by atoms with Crippen LogP contribution in [0.4, 0.5) is 0 Å². The summed E-state index contributed by atoms with van der Waals surface area (Å²) in [6, 6.07) is 7.49. The molecule has 0 radical (unpaired) electrons. The van der Waals surface area contributed by atoms with Crippen LogP contribution in [0, 0.1) is 5.92 Å². The molecule has 0 spiro atoms. The van der Waals surface area contributed by atoms with Crippen molar-refractivity contribution in [3.05, 3.63) is 29.8 Å². The first-order chi connectivity index (χ1) is 8.18. The van der Waals surface area contributed by atoms with E-state index in [-0.39, 0.29) is 5.91 Å². The zero-order chi connectivity index (χ0) is 12.3. The van der Waals surface area contributed by atoms with Crippen LogP contribution in [-0.4, -0.2) is 24.4 Å². The molecule has 0 bridgehead atoms. The maximum absolute atomic E-state index is 12.2. The quantitative estimate of drug-likeness (QED) is 0.815. The van der Waals surface area contributed by atoms with Crippen molar-refractivity contribution in [2.75, 3.05) is 13.6 Å². The highest BCUT2D eigenvalue weighted by Gasteiger charge is 2.20. The van der Waals surface area contributed by atoms with E-state index in [1.54, 1.807) is 0 Å². The Kier molecular flexibility index (Phi) is 4.11. The van der Waals surface area contributed by atoms with E-state index in [1.165, 1.54) is 25.7 Å². The lowest BCUT2D eigenvalue weighted by atomic mass is 10.1. The molecule has 0 aliphatic heterocycles. The molecule has 3 heteroatoms. The summed E-state index contributed by atoms with van der Waals surface area (Å²) in [5.41, 5.74) is 0.705. The zero-order valence-electron chi connectivity index (χ0n) is 10.2. The number of carbonyl (C=O) groups excluding carboxylic acids is 1. The first-order valence-electron chi connectivity index (χ1n) is 6.22. The van der Waals surface area contributed by atoms with Gasteiger partial charge in [0.2, 0.25) is 0 Å². The lowest BCUT2D eigenvalue weighted by molar-refractivity contribution is 0.0770. The Morgan fingerprint density at radius 2 is 2.00 bits per heavy atom. The smallest absolute Gasteiger partial charge is 0.254 e. The average Bonchev–Trinajstić information content (AvgIpc) is 2.81. The fourth-order valence-corrected chi connectivity index (χ4v) is 2.78. The van der Waals surface area contributed by atoms with Gasteiger partial charge in [0.25, 0.3) is 5.91 Å². The molecule has 0 unspecified atom stereocenters. The third-order valence-electron chi connectivity index (χ3n) is 3.49. The van der Waals surface area contributed by atoms with Gasteiger partial charge in [-0.1, -0.05) is 25.0 Å². The molecule has 0 heterocycles. The molecule has 1 aromatic rings. The number of amides is 1. The molecule has 0 N–H and O–H groups in total. The standard InChI is InChI=1S/C14H19NOS/c1-15(10-11-6-2-3-7-11)14(16)12-8-4-5-9-13(12)17/h4-5,8-9,11,17H,2-3,6-7,10H2,1H3. The van der Waals surface area contributed by atoms with Gasteiger partial charge in [0.15, 0.2) is 0 Å². The zero-order valence-corrected chi connectivity index (χ0v) is 11.1. The number of carbonyl (C=O) groups is 1. The second-order valence-electron chi connectivity index (χ2n) is 4.85. The molecule has 1 saturated carbocycles. The van der Waals surface area contributed by atoms with Crippen molar-refractivity contribution in [1.82, 2.24) is 4.90 Å². The first-order valence-corrected chi connectivity index (χ1v) is 6.66. The predicted octanol–water partition coefficient (Wildman–Crippen LogP) is 3.24. The maximum atomic E-state index is 12.2. The highest BCUT2D eigenvalue weighted by molar-refractivity contribution is 7.80. The van der Waals surface area contributed by atoms with E-state index >= 15 is 0 Å². The summed E-state index contributed by atoms with van der Waals surface area (Å²) in [6.07, 6.45) is 5.16. The average molecular weight is 249 g/mol. The molecule has 0 saturated heterocycles. The van der Waals surface area contributed by atoms with E-state index in [1.807, 2.05) is 36.2 Å². The van der Waals surface area contributed by atoms with Gasteiger partial charge in [0.05, 0.1) is 5.56 Å². The molecule has 1 aliphatic rings. The van der Waals surface area contributed by atoms with E-state index in [2.05, 4.69) is 12.6 Å². The Labute approximate surface area is 108 Å². The van der Waals surface area contributed by atoms with Crippen molar-refractivity contribution < 1.29 is 4.79 Å². The van der Waals surface area contributed by atoms with Crippen molar-refractivity contribution in [2.24, 2.45) is 5.92 Å². The second kappa shape index (κ2) is 5.58. The Hall–Kier alpha value is -0.960. The lowest BCUT2D eigenvalue weighted by Crippen LogP contribution is -2.31. The monoisotopic (exact) mass is 249 g/mol. The van der Waals surface area contributed by atoms with Crippen LogP contribution in [0.3, 0.4) is 0 Å². The number of hydrogen-bond acceptors (Lipinski definition) is 2. The Balaban J connectivity index is 2.01. The molecule has 2 rings (SSSR count). The molecule has 2 nitrogen and oxygen atoms in total. The SMILES string of the molecule is CN(CC1CCCC1)C(=O)c1ccccc1S. The van der Waals surface area contributed by atoms with Crippen LogP contribution in [0.15, 0.2) is 29.2 Å². The summed E-state index contributed by atoms with van der Waals surface area (Å²) < 4.78 is 0. The molecular weight excluding hydrogens is 230 g/mol. The number of thiol groups is 1. The van der Waals surface area contributed by atoms with E-state index in [0.717, 1.165) is 11.4 Å². The van der Waals surface area contributed by atoms with Crippen molar-refractivity contribution in [1.29, 1.82) is 0 Å². The fourth-order valence-electron chi connectivity index (χ4n) is 2.52. The predicted molar refractivity (Wildman–Crippen MR) is 72.6 cm³/mol. The van der Waals surface area contributed by atoms with Gasteiger partial charge >= 0.3 is 0 Å². The van der Waals surface area contributed by atoms with Crippen molar-refractivity contribution in [2.45, 2.75) is 30.6 Å². The number of rotatable bonds is 3. The molecule has 1 aromatic carbocycles. The minimum Gasteiger partial charge on any atom is -0.341 e. The maximum Gasteiger partial charge on any atom is 0.254 e. The van der Waals surface area contributed by atoms with Gasteiger partial charge in [-0.05, 0) is 30.9 Å². The van der Waals surface area contributed by atoms with Crippen LogP contribution in [0.5, 0.6) is 0 Å². The number of nitrogens with zero attached hydrogens (tertiary/aromatic N) is 1. The van der Waals surface area contributed by atoms with Crippen LogP contribution in [-0.2, 0) is 0 Å². The summed E-state index contributed by atoms with van der Waals surface area (Å²) in [5, 5.41) is 0. The van der Waals surface area contributed by atoms with Crippen LogP contribution in [0.2, 0.25) is 0 Å². The van der Waals surface area contributed by atoms with Crippen molar-refractivity contribution in [3.8, 4) is 0 Å². The number of benzene rings is 1. The highest BCUT2D eigenvalue weighted by atomic mass is 32.1. The Morgan fingerprint density at radius 3 is 2.65 bits per heavy atom. The Morgan fingerprint density at radius 1 is 1.35 bits per heavy atom. The molecule has 92 valence electrons. The van der Waals surface area contributed by atoms with Crippen LogP contribution >= 0.6 is 12.6 Å². The van der Waals surface area contributed by atoms with Gasteiger partial charge in [-0.3, -0.25) is 4.79 Å². The highest BCUT2D eigenvalue weighted by Crippen LogP contribution is 2.26. The summed E-state index contributed by atoms with van der Waals surface area (Å²) in [4.78, 5) is 14.8. The van der Waals surface area contributed by atoms with Gasteiger partial charge in [0, 0.05) is 18.5 Å². The lowest BCUT2D eigenvalue weighted by Gasteiger charge is -2.21. The molecule has 17 heavy (non-hydrogen) atoms. The third kappa shape index (κ3) is 3.03. The van der Waals surface area contributed by atoms with Crippen molar-refractivity contribution >= 4 is 18.5 Å². The van der Waals surface area contributed by atoms with E-state index in [4.69, 9.17) is 0 Å². The van der Waals surface area contributed by atoms with Gasteiger partial charge in [-0.25, -0.2) is 0 Å². The normalized spacial score (nSPS) is 16.1. The number of hydrogen-bond donors (Lipinski definition) is 1. The minimum atomic E-state index is 0.0856. The van der Waals surface area contributed by atoms with Gasteiger partial charge in [-0.2, -0.15) is 0 Å². The molecule has 1 aliphatic carbocycles. The summed E-state index contributed by atoms with van der Waals surface area (Å²) in [6.45, 7) is 0.876. The van der Waals surface area contributed by atoms with Crippen LogP contribution in [0.25, 0.3) is 0 Å². The summed E-state index contributed by atoms with van der Waals surface area (Å²) in [5.74, 6) is 0.776. The molecule has 1 fully saturated rings. The fraction of sp³-hybridized carbons (Fsp3) is 0.500. The summed E-state index contributed by atoms with van der Waals surface area (Å²) >= 11 is 4.33.